The zero-order chi connectivity index (χ0) is 14.0. The Bertz CT molecular complexity index is 660. The number of carbonyl (C=O) groups is 1. The van der Waals surface area contributed by atoms with Gasteiger partial charge in [-0.05, 0) is 18.6 Å². The molecule has 0 fully saturated rings. The lowest BCUT2D eigenvalue weighted by Gasteiger charge is -2.14. The average molecular weight is 278 g/mol. The van der Waals surface area contributed by atoms with Crippen LogP contribution in [0.25, 0.3) is 11.3 Å². The van der Waals surface area contributed by atoms with Gasteiger partial charge in [-0.25, -0.2) is 4.79 Å². The van der Waals surface area contributed by atoms with E-state index in [0.29, 0.717) is 17.8 Å². The molecule has 1 aromatic carbocycles. The third-order valence-corrected chi connectivity index (χ3v) is 3.63. The van der Waals surface area contributed by atoms with Crippen molar-refractivity contribution < 1.29 is 9.90 Å². The Morgan fingerprint density at radius 1 is 1.53 bits per heavy atom. The minimum Gasteiger partial charge on any atom is -0.480 e. The van der Waals surface area contributed by atoms with E-state index in [0.717, 1.165) is 16.9 Å². The van der Waals surface area contributed by atoms with E-state index in [2.05, 4.69) is 0 Å². The van der Waals surface area contributed by atoms with E-state index in [1.54, 1.807) is 30.5 Å². The topological polar surface area (TPSA) is 85.3 Å². The van der Waals surface area contributed by atoms with Gasteiger partial charge in [-0.1, -0.05) is 30.4 Å². The molecule has 100 valence electrons. The molecule has 0 aliphatic carbocycles. The highest BCUT2D eigenvalue weighted by atomic mass is 32.1. The molecule has 3 N–H and O–H groups in total. The van der Waals surface area contributed by atoms with Crippen LogP contribution in [0.1, 0.15) is 19.4 Å². The van der Waals surface area contributed by atoms with Crippen molar-refractivity contribution in [1.82, 2.24) is 4.57 Å². The lowest BCUT2D eigenvalue weighted by atomic mass is 10.1. The summed E-state index contributed by atoms with van der Waals surface area (Å²) in [5, 5.41) is 10.9. The van der Waals surface area contributed by atoms with Crippen LogP contribution < -0.4 is 10.6 Å². The molecule has 1 heterocycles. The van der Waals surface area contributed by atoms with Gasteiger partial charge in [0, 0.05) is 16.6 Å². The van der Waals surface area contributed by atoms with Crippen molar-refractivity contribution in [1.29, 1.82) is 0 Å². The van der Waals surface area contributed by atoms with Gasteiger partial charge in [0.25, 0.3) is 0 Å². The first kappa shape index (κ1) is 13.4. The molecule has 0 aliphatic heterocycles. The number of anilines is 1. The predicted molar refractivity (Wildman–Crippen MR) is 75.4 cm³/mol. The molecule has 2 aromatic rings. The molecule has 0 spiro atoms. The van der Waals surface area contributed by atoms with E-state index in [9.17, 15) is 14.7 Å². The largest absolute Gasteiger partial charge is 0.480 e. The second-order valence-corrected chi connectivity index (χ2v) is 4.97. The summed E-state index contributed by atoms with van der Waals surface area (Å²) in [6, 6.07) is 6.21. The SMILES string of the molecule is CCC(C(=O)O)n1c(-c2cccc(N)c2)csc1=O. The number of thiazole rings is 1. The van der Waals surface area contributed by atoms with E-state index in [1.165, 1.54) is 4.57 Å². The average Bonchev–Trinajstić information content (AvgIpc) is 2.72. The molecule has 1 aromatic heterocycles. The predicted octanol–water partition coefficient (Wildman–Crippen LogP) is 2.19. The maximum atomic E-state index is 11.9. The molecule has 6 heteroatoms. The molecule has 19 heavy (non-hydrogen) atoms. The second-order valence-electron chi connectivity index (χ2n) is 4.14. The van der Waals surface area contributed by atoms with Crippen LogP contribution in [-0.2, 0) is 4.79 Å². The monoisotopic (exact) mass is 278 g/mol. The highest BCUT2D eigenvalue weighted by molar-refractivity contribution is 7.07. The Hall–Kier alpha value is -2.08. The van der Waals surface area contributed by atoms with Crippen molar-refractivity contribution >= 4 is 23.0 Å². The Morgan fingerprint density at radius 2 is 2.26 bits per heavy atom. The number of aliphatic carboxylic acids is 1. The fourth-order valence-corrected chi connectivity index (χ4v) is 2.79. The van der Waals surface area contributed by atoms with Crippen molar-refractivity contribution in [2.75, 3.05) is 5.73 Å². The molecule has 5 nitrogen and oxygen atoms in total. The molecular weight excluding hydrogens is 264 g/mol. The number of aromatic nitrogens is 1. The van der Waals surface area contributed by atoms with Gasteiger partial charge >= 0.3 is 10.8 Å². The summed E-state index contributed by atoms with van der Waals surface area (Å²) in [6.45, 7) is 1.74. The summed E-state index contributed by atoms with van der Waals surface area (Å²) in [5.74, 6) is -1.01. The highest BCUT2D eigenvalue weighted by Crippen LogP contribution is 2.26. The number of benzene rings is 1. The quantitative estimate of drug-likeness (QED) is 0.839. The first-order valence-corrected chi connectivity index (χ1v) is 6.71. The second kappa shape index (κ2) is 5.27. The van der Waals surface area contributed by atoms with Gasteiger partial charge < -0.3 is 10.8 Å². The van der Waals surface area contributed by atoms with Gasteiger partial charge in [0.2, 0.25) is 0 Å². The number of nitrogens with two attached hydrogens (primary N) is 1. The van der Waals surface area contributed by atoms with Crippen molar-refractivity contribution in [3.8, 4) is 11.3 Å². The Kier molecular flexibility index (Phi) is 3.71. The minimum absolute atomic E-state index is 0.272. The first-order chi connectivity index (χ1) is 9.04. The number of carboxylic acid groups (broad SMARTS) is 1. The smallest absolute Gasteiger partial charge is 0.326 e. The van der Waals surface area contributed by atoms with Crippen LogP contribution in [0.4, 0.5) is 5.69 Å². The maximum Gasteiger partial charge on any atom is 0.326 e. The van der Waals surface area contributed by atoms with Gasteiger partial charge in [-0.3, -0.25) is 9.36 Å². The van der Waals surface area contributed by atoms with Crippen molar-refractivity contribution in [2.45, 2.75) is 19.4 Å². The zero-order valence-electron chi connectivity index (χ0n) is 10.4. The molecule has 0 aliphatic rings. The van der Waals surface area contributed by atoms with Crippen LogP contribution in [-0.4, -0.2) is 15.6 Å². The summed E-state index contributed by atoms with van der Waals surface area (Å²) in [4.78, 5) is 22.9. The molecule has 0 radical (unpaired) electrons. The van der Waals surface area contributed by atoms with Crippen LogP contribution in [0.3, 0.4) is 0 Å². The van der Waals surface area contributed by atoms with Crippen molar-refractivity contribution in [2.24, 2.45) is 0 Å². The maximum absolute atomic E-state index is 11.9. The fraction of sp³-hybridized carbons (Fsp3) is 0.231. The number of hydrogen-bond donors (Lipinski definition) is 2. The van der Waals surface area contributed by atoms with E-state index in [4.69, 9.17) is 5.73 Å². The third kappa shape index (κ3) is 2.53. The number of hydrogen-bond acceptors (Lipinski definition) is 4. The number of rotatable bonds is 4. The number of nitrogen functional groups attached to an aromatic ring is 1. The van der Waals surface area contributed by atoms with E-state index in [1.807, 2.05) is 6.07 Å². The van der Waals surface area contributed by atoms with Crippen LogP contribution in [0.15, 0.2) is 34.4 Å². The summed E-state index contributed by atoms with van der Waals surface area (Å²) < 4.78 is 1.32. The lowest BCUT2D eigenvalue weighted by molar-refractivity contribution is -0.141. The van der Waals surface area contributed by atoms with Crippen LogP contribution in [0.2, 0.25) is 0 Å². The summed E-state index contributed by atoms with van der Waals surface area (Å²) >= 11 is 0.996. The van der Waals surface area contributed by atoms with E-state index in [-0.39, 0.29) is 4.87 Å². The Balaban J connectivity index is 2.60. The minimum atomic E-state index is -1.01. The summed E-state index contributed by atoms with van der Waals surface area (Å²) in [6.07, 6.45) is 0.349. The standard InChI is InChI=1S/C13H14N2O3S/c1-2-10(12(16)17)15-11(7-19-13(15)18)8-4-3-5-9(14)6-8/h3-7,10H,2,14H2,1H3,(H,16,17). The molecule has 0 bridgehead atoms. The normalized spacial score (nSPS) is 12.3. The molecule has 1 atom stereocenters. The summed E-state index contributed by atoms with van der Waals surface area (Å²) in [7, 11) is 0. The molecule has 2 rings (SSSR count). The van der Waals surface area contributed by atoms with Gasteiger partial charge in [0.05, 0.1) is 5.69 Å². The zero-order valence-corrected chi connectivity index (χ0v) is 11.2. The Labute approximate surface area is 113 Å². The van der Waals surface area contributed by atoms with E-state index < -0.39 is 12.0 Å². The van der Waals surface area contributed by atoms with Gasteiger partial charge in [-0.15, -0.1) is 0 Å². The molecule has 0 saturated carbocycles. The molecule has 1 unspecified atom stereocenters. The fourth-order valence-electron chi connectivity index (χ4n) is 1.99. The lowest BCUT2D eigenvalue weighted by Crippen LogP contribution is -2.26. The van der Waals surface area contributed by atoms with Crippen molar-refractivity contribution in [3.05, 3.63) is 39.3 Å². The molecular formula is C13H14N2O3S. The summed E-state index contributed by atoms with van der Waals surface area (Å²) in [5.41, 5.74) is 7.64. The van der Waals surface area contributed by atoms with Gasteiger partial charge in [-0.2, -0.15) is 0 Å². The first-order valence-electron chi connectivity index (χ1n) is 5.83. The van der Waals surface area contributed by atoms with Crippen molar-refractivity contribution in [3.63, 3.8) is 0 Å². The number of nitrogens with zero attached hydrogens (tertiary/aromatic N) is 1. The Morgan fingerprint density at radius 3 is 2.84 bits per heavy atom. The third-order valence-electron chi connectivity index (χ3n) is 2.89. The molecule has 0 saturated heterocycles. The van der Waals surface area contributed by atoms with Crippen LogP contribution in [0, 0.1) is 0 Å². The van der Waals surface area contributed by atoms with E-state index >= 15 is 0 Å². The number of carboxylic acids is 1. The highest BCUT2D eigenvalue weighted by Gasteiger charge is 2.23. The van der Waals surface area contributed by atoms with Gasteiger partial charge in [0.15, 0.2) is 0 Å². The van der Waals surface area contributed by atoms with Crippen LogP contribution >= 0.6 is 11.3 Å². The van der Waals surface area contributed by atoms with Crippen LogP contribution in [0.5, 0.6) is 0 Å². The van der Waals surface area contributed by atoms with Gasteiger partial charge in [0.1, 0.15) is 6.04 Å². The molecule has 0 amide bonds.